The molecule has 2 rings (SSSR count). The summed E-state index contributed by atoms with van der Waals surface area (Å²) in [6.07, 6.45) is 2.77. The lowest BCUT2D eigenvalue weighted by molar-refractivity contribution is -0.145. The fourth-order valence-corrected chi connectivity index (χ4v) is 1.88. The molecule has 2 aromatic heterocycles. The average molecular weight is 260 g/mol. The zero-order valence-electron chi connectivity index (χ0n) is 10.9. The molecule has 0 aliphatic heterocycles. The average Bonchev–Trinajstić information content (AvgIpc) is 2.84. The molecule has 2 heterocycles. The minimum atomic E-state index is -0.931. The lowest BCUT2D eigenvalue weighted by atomic mass is 10.1. The molecular weight excluding hydrogens is 244 g/mol. The monoisotopic (exact) mass is 260 g/mol. The highest BCUT2D eigenvalue weighted by Gasteiger charge is 2.22. The summed E-state index contributed by atoms with van der Waals surface area (Å²) < 4.78 is 6.90. The third-order valence-electron chi connectivity index (χ3n) is 2.73. The van der Waals surface area contributed by atoms with E-state index in [0.29, 0.717) is 12.1 Å². The summed E-state index contributed by atoms with van der Waals surface area (Å²) in [5.74, 6) is -0.733. The summed E-state index contributed by atoms with van der Waals surface area (Å²) in [7, 11) is 0. The number of hydrogen-bond donors (Lipinski definition) is 1. The van der Waals surface area contributed by atoms with Crippen molar-refractivity contribution in [1.82, 2.24) is 9.72 Å². The van der Waals surface area contributed by atoms with Crippen LogP contribution in [0, 0.1) is 0 Å². The topological polar surface area (TPSA) is 59.8 Å². The number of carbonyl (C=O) groups excluding carboxylic acids is 2. The SMILES string of the molecule is CCNC(OC(C)=O)C(=O)c1ccn2cccc2c1. The highest BCUT2D eigenvalue weighted by molar-refractivity contribution is 6.00. The number of carbonyl (C=O) groups is 2. The van der Waals surface area contributed by atoms with Gasteiger partial charge in [-0.1, -0.05) is 6.92 Å². The van der Waals surface area contributed by atoms with Gasteiger partial charge in [-0.15, -0.1) is 0 Å². The lowest BCUT2D eigenvalue weighted by Gasteiger charge is -2.16. The van der Waals surface area contributed by atoms with Gasteiger partial charge < -0.3 is 9.14 Å². The number of rotatable bonds is 5. The quantitative estimate of drug-likeness (QED) is 0.504. The van der Waals surface area contributed by atoms with Gasteiger partial charge in [0.1, 0.15) is 0 Å². The van der Waals surface area contributed by atoms with Gasteiger partial charge in [-0.05, 0) is 30.8 Å². The van der Waals surface area contributed by atoms with E-state index < -0.39 is 12.2 Å². The van der Waals surface area contributed by atoms with Gasteiger partial charge >= 0.3 is 5.97 Å². The van der Waals surface area contributed by atoms with Crippen LogP contribution in [0.1, 0.15) is 24.2 Å². The van der Waals surface area contributed by atoms with Crippen LogP contribution in [-0.2, 0) is 9.53 Å². The largest absolute Gasteiger partial charge is 0.439 e. The summed E-state index contributed by atoms with van der Waals surface area (Å²) in [6.45, 7) is 3.67. The maximum absolute atomic E-state index is 12.3. The molecule has 100 valence electrons. The van der Waals surface area contributed by atoms with Crippen molar-refractivity contribution >= 4 is 17.3 Å². The maximum atomic E-state index is 12.3. The first-order chi connectivity index (χ1) is 9.11. The van der Waals surface area contributed by atoms with E-state index in [2.05, 4.69) is 5.32 Å². The molecule has 5 nitrogen and oxygen atoms in total. The van der Waals surface area contributed by atoms with Gasteiger partial charge in [0.05, 0.1) is 0 Å². The van der Waals surface area contributed by atoms with Crippen LogP contribution < -0.4 is 5.32 Å². The predicted octanol–water partition coefficient (Wildman–Crippen LogP) is 1.62. The summed E-state index contributed by atoms with van der Waals surface area (Å²) in [6, 6.07) is 7.29. The molecule has 1 unspecified atom stereocenters. The molecule has 0 spiro atoms. The molecule has 0 fully saturated rings. The molecule has 0 aromatic carbocycles. The van der Waals surface area contributed by atoms with Crippen LogP contribution in [0.25, 0.3) is 5.52 Å². The first kappa shape index (κ1) is 13.3. The Kier molecular flexibility index (Phi) is 3.97. The third kappa shape index (κ3) is 3.00. The Morgan fingerprint density at radius 2 is 2.16 bits per heavy atom. The number of fused-ring (bicyclic) bond motifs is 1. The highest BCUT2D eigenvalue weighted by atomic mass is 16.6. The Morgan fingerprint density at radius 3 is 2.84 bits per heavy atom. The minimum absolute atomic E-state index is 0.249. The lowest BCUT2D eigenvalue weighted by Crippen LogP contribution is -2.40. The molecule has 0 bridgehead atoms. The van der Waals surface area contributed by atoms with Crippen LogP contribution in [0.3, 0.4) is 0 Å². The zero-order chi connectivity index (χ0) is 13.8. The molecule has 0 amide bonds. The Bertz CT molecular complexity index is 604. The molecule has 0 aliphatic carbocycles. The number of nitrogens with one attached hydrogen (secondary N) is 1. The van der Waals surface area contributed by atoms with Gasteiger partial charge in [-0.3, -0.25) is 14.9 Å². The summed E-state index contributed by atoms with van der Waals surface area (Å²) in [4.78, 5) is 23.3. The molecule has 1 N–H and O–H groups in total. The van der Waals surface area contributed by atoms with E-state index in [-0.39, 0.29) is 5.78 Å². The number of ketones is 1. The molecule has 2 aromatic rings. The van der Waals surface area contributed by atoms with Crippen LogP contribution in [0.2, 0.25) is 0 Å². The molecular formula is C14H16N2O3. The number of aromatic nitrogens is 1. The normalized spacial score (nSPS) is 12.3. The molecule has 5 heteroatoms. The first-order valence-corrected chi connectivity index (χ1v) is 6.13. The zero-order valence-corrected chi connectivity index (χ0v) is 10.9. The highest BCUT2D eigenvalue weighted by Crippen LogP contribution is 2.11. The van der Waals surface area contributed by atoms with Gasteiger partial charge in [0.25, 0.3) is 0 Å². The van der Waals surface area contributed by atoms with E-state index in [1.807, 2.05) is 29.7 Å². The van der Waals surface area contributed by atoms with Crippen molar-refractivity contribution in [3.05, 3.63) is 42.2 Å². The maximum Gasteiger partial charge on any atom is 0.304 e. The summed E-state index contributed by atoms with van der Waals surface area (Å²) in [5.41, 5.74) is 1.43. The van der Waals surface area contributed by atoms with Crippen LogP contribution in [0.5, 0.6) is 0 Å². The minimum Gasteiger partial charge on any atom is -0.439 e. The van der Waals surface area contributed by atoms with E-state index in [9.17, 15) is 9.59 Å². The van der Waals surface area contributed by atoms with E-state index >= 15 is 0 Å². The molecule has 0 saturated carbocycles. The molecule has 0 radical (unpaired) electrons. The van der Waals surface area contributed by atoms with E-state index in [4.69, 9.17) is 4.74 Å². The van der Waals surface area contributed by atoms with Gasteiger partial charge in [0, 0.05) is 30.4 Å². The van der Waals surface area contributed by atoms with Gasteiger partial charge in [-0.25, -0.2) is 0 Å². The van der Waals surface area contributed by atoms with Crippen molar-refractivity contribution in [2.75, 3.05) is 6.54 Å². The molecule has 1 atom stereocenters. The Hall–Kier alpha value is -2.14. The van der Waals surface area contributed by atoms with Crippen molar-refractivity contribution in [2.24, 2.45) is 0 Å². The second-order valence-electron chi connectivity index (χ2n) is 4.17. The summed E-state index contributed by atoms with van der Waals surface area (Å²) >= 11 is 0. The molecule has 0 saturated heterocycles. The van der Waals surface area contributed by atoms with Gasteiger partial charge in [-0.2, -0.15) is 0 Å². The second kappa shape index (κ2) is 5.67. The van der Waals surface area contributed by atoms with E-state index in [1.54, 1.807) is 18.3 Å². The van der Waals surface area contributed by atoms with Crippen molar-refractivity contribution in [3.63, 3.8) is 0 Å². The van der Waals surface area contributed by atoms with Gasteiger partial charge in [0.15, 0.2) is 0 Å². The predicted molar refractivity (Wildman–Crippen MR) is 71.0 cm³/mol. The third-order valence-corrected chi connectivity index (χ3v) is 2.73. The van der Waals surface area contributed by atoms with Crippen molar-refractivity contribution in [2.45, 2.75) is 20.1 Å². The Labute approximate surface area is 111 Å². The first-order valence-electron chi connectivity index (χ1n) is 6.13. The number of esters is 1. The molecule has 0 aliphatic rings. The number of likely N-dealkylation sites (N-methyl/N-ethyl adjacent to an activating group) is 1. The number of nitrogens with zero attached hydrogens (tertiary/aromatic N) is 1. The standard InChI is InChI=1S/C14H16N2O3/c1-3-15-14(19-10(2)17)13(18)11-6-8-16-7-4-5-12(16)9-11/h4-9,14-15H,3H2,1-2H3. The van der Waals surface area contributed by atoms with Crippen LogP contribution in [0.4, 0.5) is 0 Å². The fraction of sp³-hybridized carbons (Fsp3) is 0.286. The number of Topliss-reactive ketones (excluding diaryl/α,β-unsaturated/α-hetero) is 1. The van der Waals surface area contributed by atoms with E-state index in [0.717, 1.165) is 5.52 Å². The van der Waals surface area contributed by atoms with Crippen LogP contribution in [-0.4, -0.2) is 28.9 Å². The second-order valence-corrected chi connectivity index (χ2v) is 4.17. The fourth-order valence-electron chi connectivity index (χ4n) is 1.88. The van der Waals surface area contributed by atoms with Crippen molar-refractivity contribution < 1.29 is 14.3 Å². The molecule has 19 heavy (non-hydrogen) atoms. The summed E-state index contributed by atoms with van der Waals surface area (Å²) in [5, 5.41) is 2.85. The Morgan fingerprint density at radius 1 is 1.37 bits per heavy atom. The number of ether oxygens (including phenoxy) is 1. The Balaban J connectivity index is 2.26. The van der Waals surface area contributed by atoms with Gasteiger partial charge in [0.2, 0.25) is 12.0 Å². The van der Waals surface area contributed by atoms with Crippen LogP contribution in [0.15, 0.2) is 36.7 Å². The van der Waals surface area contributed by atoms with Crippen molar-refractivity contribution in [1.29, 1.82) is 0 Å². The van der Waals surface area contributed by atoms with Crippen molar-refractivity contribution in [3.8, 4) is 0 Å². The number of hydrogen-bond acceptors (Lipinski definition) is 4. The van der Waals surface area contributed by atoms with E-state index in [1.165, 1.54) is 6.92 Å². The van der Waals surface area contributed by atoms with Crippen LogP contribution >= 0.6 is 0 Å². The smallest absolute Gasteiger partial charge is 0.304 e. The number of pyridine rings is 1.